The minimum Gasteiger partial charge on any atom is -0.305 e. The van der Waals surface area contributed by atoms with Gasteiger partial charge in [0.25, 0.3) is 0 Å². The van der Waals surface area contributed by atoms with Crippen LogP contribution >= 0.6 is 11.6 Å². The lowest BCUT2D eigenvalue weighted by Crippen LogP contribution is -2.01. The zero-order chi connectivity index (χ0) is 8.81. The molecule has 0 bridgehead atoms. The van der Waals surface area contributed by atoms with E-state index in [1.807, 2.05) is 24.3 Å². The van der Waals surface area contributed by atoms with Crippen molar-refractivity contribution < 1.29 is 4.84 Å². The molecule has 0 unspecified atom stereocenters. The predicted molar refractivity (Wildman–Crippen MR) is 49.9 cm³/mol. The quantitative estimate of drug-likeness (QED) is 0.577. The van der Waals surface area contributed by atoms with E-state index in [-0.39, 0.29) is 0 Å². The molecule has 2 N–H and O–H groups in total. The summed E-state index contributed by atoms with van der Waals surface area (Å²) >= 11 is 5.93. The molecule has 0 fully saturated rings. The number of nitrogens with two attached hydrogens (primary N) is 1. The van der Waals surface area contributed by atoms with Crippen LogP contribution in [0.5, 0.6) is 0 Å². The van der Waals surface area contributed by atoms with Crippen molar-refractivity contribution in [2.24, 2.45) is 5.90 Å². The molecule has 66 valence electrons. The van der Waals surface area contributed by atoms with Crippen molar-refractivity contribution in [2.45, 2.75) is 12.8 Å². The van der Waals surface area contributed by atoms with Crippen LogP contribution in [-0.2, 0) is 11.3 Å². The van der Waals surface area contributed by atoms with Gasteiger partial charge in [0.05, 0.1) is 6.61 Å². The van der Waals surface area contributed by atoms with Crippen molar-refractivity contribution in [3.05, 3.63) is 34.9 Å². The molecule has 1 rings (SSSR count). The SMILES string of the molecule is NOCCCc1ccccc1Cl. The van der Waals surface area contributed by atoms with Gasteiger partial charge in [0.2, 0.25) is 0 Å². The number of hydrogen-bond acceptors (Lipinski definition) is 2. The lowest BCUT2D eigenvalue weighted by molar-refractivity contribution is 0.135. The van der Waals surface area contributed by atoms with Crippen molar-refractivity contribution >= 4 is 11.6 Å². The Labute approximate surface area is 77.2 Å². The Morgan fingerprint density at radius 1 is 1.33 bits per heavy atom. The van der Waals surface area contributed by atoms with E-state index in [2.05, 4.69) is 4.84 Å². The average Bonchev–Trinajstić information content (AvgIpc) is 2.09. The Balaban J connectivity index is 2.46. The second-order valence-corrected chi connectivity index (χ2v) is 2.97. The summed E-state index contributed by atoms with van der Waals surface area (Å²) in [6.07, 6.45) is 1.82. The Morgan fingerprint density at radius 3 is 2.75 bits per heavy atom. The molecule has 3 heteroatoms. The topological polar surface area (TPSA) is 35.2 Å². The number of hydrogen-bond donors (Lipinski definition) is 1. The summed E-state index contributed by atoms with van der Waals surface area (Å²) in [6.45, 7) is 0.575. The fourth-order valence-corrected chi connectivity index (χ4v) is 1.28. The Morgan fingerprint density at radius 2 is 2.08 bits per heavy atom. The van der Waals surface area contributed by atoms with Gasteiger partial charge in [-0.25, -0.2) is 5.90 Å². The number of halogens is 1. The molecule has 0 aliphatic heterocycles. The van der Waals surface area contributed by atoms with Crippen LogP contribution in [0.15, 0.2) is 24.3 Å². The highest BCUT2D eigenvalue weighted by Crippen LogP contribution is 2.16. The summed E-state index contributed by atoms with van der Waals surface area (Å²) in [5, 5.41) is 0.814. The molecule has 0 aliphatic rings. The molecule has 0 aromatic heterocycles. The van der Waals surface area contributed by atoms with Gasteiger partial charge in [0, 0.05) is 5.02 Å². The molecule has 0 heterocycles. The van der Waals surface area contributed by atoms with Crippen LogP contribution in [0.2, 0.25) is 5.02 Å². The first kappa shape index (κ1) is 9.52. The zero-order valence-electron chi connectivity index (χ0n) is 6.79. The summed E-state index contributed by atoms with van der Waals surface area (Å²) in [5.41, 5.74) is 1.15. The van der Waals surface area contributed by atoms with E-state index in [9.17, 15) is 0 Å². The molecule has 0 radical (unpaired) electrons. The van der Waals surface area contributed by atoms with Crippen LogP contribution in [0.25, 0.3) is 0 Å². The molecular weight excluding hydrogens is 174 g/mol. The van der Waals surface area contributed by atoms with Gasteiger partial charge < -0.3 is 4.84 Å². The second-order valence-electron chi connectivity index (χ2n) is 2.57. The Kier molecular flexibility index (Phi) is 4.08. The van der Waals surface area contributed by atoms with Crippen LogP contribution in [-0.4, -0.2) is 6.61 Å². The lowest BCUT2D eigenvalue weighted by Gasteiger charge is -2.02. The Hall–Kier alpha value is -0.570. The van der Waals surface area contributed by atoms with E-state index in [0.717, 1.165) is 23.4 Å². The van der Waals surface area contributed by atoms with Crippen molar-refractivity contribution in [3.8, 4) is 0 Å². The van der Waals surface area contributed by atoms with Crippen molar-refractivity contribution in [3.63, 3.8) is 0 Å². The number of aryl methyl sites for hydroxylation is 1. The van der Waals surface area contributed by atoms with Gasteiger partial charge in [-0.05, 0) is 24.5 Å². The molecular formula is C9H12ClNO. The van der Waals surface area contributed by atoms with Gasteiger partial charge in [-0.2, -0.15) is 0 Å². The molecule has 12 heavy (non-hydrogen) atoms. The number of rotatable bonds is 4. The minimum atomic E-state index is 0.575. The predicted octanol–water partition coefficient (Wildman–Crippen LogP) is 2.16. The second kappa shape index (κ2) is 5.14. The fraction of sp³-hybridized carbons (Fsp3) is 0.333. The lowest BCUT2D eigenvalue weighted by atomic mass is 10.1. The van der Waals surface area contributed by atoms with Crippen LogP contribution in [0, 0.1) is 0 Å². The minimum absolute atomic E-state index is 0.575. The summed E-state index contributed by atoms with van der Waals surface area (Å²) in [4.78, 5) is 4.46. The van der Waals surface area contributed by atoms with E-state index in [1.54, 1.807) is 0 Å². The molecule has 2 nitrogen and oxygen atoms in total. The third-order valence-corrected chi connectivity index (χ3v) is 2.03. The van der Waals surface area contributed by atoms with Crippen LogP contribution in [0.3, 0.4) is 0 Å². The molecule has 0 atom stereocenters. The standard InChI is InChI=1S/C9H12ClNO/c10-9-6-2-1-4-8(9)5-3-7-12-11/h1-2,4,6H,3,5,7,11H2. The third-order valence-electron chi connectivity index (χ3n) is 1.67. The van der Waals surface area contributed by atoms with Gasteiger partial charge in [-0.1, -0.05) is 29.8 Å². The maximum Gasteiger partial charge on any atom is 0.0682 e. The van der Waals surface area contributed by atoms with Crippen molar-refractivity contribution in [1.82, 2.24) is 0 Å². The Bertz CT molecular complexity index is 240. The van der Waals surface area contributed by atoms with Crippen LogP contribution < -0.4 is 5.90 Å². The molecule has 0 saturated heterocycles. The van der Waals surface area contributed by atoms with Gasteiger partial charge >= 0.3 is 0 Å². The highest BCUT2D eigenvalue weighted by molar-refractivity contribution is 6.31. The van der Waals surface area contributed by atoms with Gasteiger partial charge in [0.15, 0.2) is 0 Å². The highest BCUT2D eigenvalue weighted by atomic mass is 35.5. The summed E-state index contributed by atoms with van der Waals surface area (Å²) < 4.78 is 0. The monoisotopic (exact) mass is 185 g/mol. The third kappa shape index (κ3) is 2.81. The first-order valence-corrected chi connectivity index (χ1v) is 4.27. The van der Waals surface area contributed by atoms with Gasteiger partial charge in [-0.3, -0.25) is 0 Å². The first-order chi connectivity index (χ1) is 5.84. The van der Waals surface area contributed by atoms with Crippen molar-refractivity contribution in [1.29, 1.82) is 0 Å². The molecule has 0 aliphatic carbocycles. The van der Waals surface area contributed by atoms with E-state index in [4.69, 9.17) is 17.5 Å². The smallest absolute Gasteiger partial charge is 0.0682 e. The van der Waals surface area contributed by atoms with E-state index >= 15 is 0 Å². The zero-order valence-corrected chi connectivity index (χ0v) is 7.55. The molecule has 0 amide bonds. The highest BCUT2D eigenvalue weighted by Gasteiger charge is 1.97. The normalized spacial score (nSPS) is 10.2. The van der Waals surface area contributed by atoms with Crippen molar-refractivity contribution in [2.75, 3.05) is 6.61 Å². The largest absolute Gasteiger partial charge is 0.305 e. The maximum absolute atomic E-state index is 5.93. The van der Waals surface area contributed by atoms with E-state index in [1.165, 1.54) is 0 Å². The fourth-order valence-electron chi connectivity index (χ4n) is 1.05. The average molecular weight is 186 g/mol. The summed E-state index contributed by atoms with van der Waals surface area (Å²) in [5.74, 6) is 4.90. The van der Waals surface area contributed by atoms with E-state index < -0.39 is 0 Å². The molecule has 0 saturated carbocycles. The first-order valence-electron chi connectivity index (χ1n) is 3.89. The van der Waals surface area contributed by atoms with Crippen LogP contribution in [0.1, 0.15) is 12.0 Å². The van der Waals surface area contributed by atoms with Crippen LogP contribution in [0.4, 0.5) is 0 Å². The maximum atomic E-state index is 5.93. The van der Waals surface area contributed by atoms with Gasteiger partial charge in [0.1, 0.15) is 0 Å². The van der Waals surface area contributed by atoms with E-state index in [0.29, 0.717) is 6.61 Å². The molecule has 0 spiro atoms. The number of benzene rings is 1. The van der Waals surface area contributed by atoms with Gasteiger partial charge in [-0.15, -0.1) is 0 Å². The molecule has 1 aromatic rings. The summed E-state index contributed by atoms with van der Waals surface area (Å²) in [6, 6.07) is 7.80. The summed E-state index contributed by atoms with van der Waals surface area (Å²) in [7, 11) is 0. The molecule has 1 aromatic carbocycles.